The topological polar surface area (TPSA) is 115 Å². The summed E-state index contributed by atoms with van der Waals surface area (Å²) in [5.74, 6) is -1.57. The molecule has 0 spiro atoms. The van der Waals surface area contributed by atoms with Crippen LogP contribution in [0.4, 0.5) is 5.00 Å². The van der Waals surface area contributed by atoms with Gasteiger partial charge in [0.15, 0.2) is 11.5 Å². The number of anilines is 1. The Kier molecular flexibility index (Phi) is 8.88. The molecular weight excluding hydrogens is 553 g/mol. The van der Waals surface area contributed by atoms with Crippen molar-refractivity contribution in [2.75, 3.05) is 19.5 Å². The summed E-state index contributed by atoms with van der Waals surface area (Å²) >= 11 is 13.4. The number of esters is 1. The van der Waals surface area contributed by atoms with Gasteiger partial charge in [0, 0.05) is 20.5 Å². The number of hydrogen-bond donors (Lipinski definition) is 2. The quantitative estimate of drug-likeness (QED) is 0.169. The van der Waals surface area contributed by atoms with Crippen LogP contribution in [0.1, 0.15) is 38.3 Å². The van der Waals surface area contributed by atoms with Gasteiger partial charge in [-0.05, 0) is 60.7 Å². The molecule has 9 nitrogen and oxygen atoms in total. The Morgan fingerprint density at radius 2 is 1.87 bits per heavy atom. The summed E-state index contributed by atoms with van der Waals surface area (Å²) in [6.07, 6.45) is 3.83. The van der Waals surface area contributed by atoms with Crippen LogP contribution in [-0.2, 0) is 33.8 Å². The van der Waals surface area contributed by atoms with Gasteiger partial charge in [-0.2, -0.15) is 5.10 Å². The molecule has 1 aliphatic carbocycles. The number of amides is 2. The summed E-state index contributed by atoms with van der Waals surface area (Å²) in [4.78, 5) is 38.0. The number of benzene rings is 2. The molecule has 0 bridgehead atoms. The SMILES string of the molecule is COC(=O)c1c(NC(=O)C(=O)N/N=C/c2ccc(OCc3ccc(Cl)cc3Cl)c(OC)c2)sc2c1CCC2. The molecule has 4 rings (SSSR count). The van der Waals surface area contributed by atoms with E-state index in [0.717, 1.165) is 35.3 Å². The van der Waals surface area contributed by atoms with Gasteiger partial charge < -0.3 is 19.5 Å². The smallest absolute Gasteiger partial charge is 0.341 e. The molecule has 2 N–H and O–H groups in total. The molecule has 0 aliphatic heterocycles. The maximum atomic E-state index is 12.4. The van der Waals surface area contributed by atoms with Crippen molar-refractivity contribution in [1.82, 2.24) is 5.43 Å². The lowest BCUT2D eigenvalue weighted by molar-refractivity contribution is -0.136. The normalized spacial score (nSPS) is 12.2. The fourth-order valence-corrected chi connectivity index (χ4v) is 5.60. The van der Waals surface area contributed by atoms with E-state index in [0.29, 0.717) is 37.7 Å². The molecule has 1 aliphatic rings. The Morgan fingerprint density at radius 1 is 1.05 bits per heavy atom. The van der Waals surface area contributed by atoms with E-state index in [2.05, 4.69) is 15.8 Å². The second kappa shape index (κ2) is 12.3. The molecule has 1 aromatic heterocycles. The van der Waals surface area contributed by atoms with Gasteiger partial charge in [0.25, 0.3) is 0 Å². The van der Waals surface area contributed by atoms with Gasteiger partial charge in [-0.1, -0.05) is 29.3 Å². The van der Waals surface area contributed by atoms with Crippen molar-refractivity contribution in [3.05, 3.63) is 73.6 Å². The second-order valence-electron chi connectivity index (χ2n) is 8.14. The molecule has 2 amide bonds. The Balaban J connectivity index is 1.36. The van der Waals surface area contributed by atoms with E-state index in [4.69, 9.17) is 37.4 Å². The number of halogens is 2. The maximum absolute atomic E-state index is 12.4. The van der Waals surface area contributed by atoms with Crippen LogP contribution in [-0.4, -0.2) is 38.2 Å². The van der Waals surface area contributed by atoms with Gasteiger partial charge in [-0.3, -0.25) is 9.59 Å². The van der Waals surface area contributed by atoms with E-state index in [1.165, 1.54) is 31.8 Å². The summed E-state index contributed by atoms with van der Waals surface area (Å²) in [6, 6.07) is 10.2. The van der Waals surface area contributed by atoms with Gasteiger partial charge in [-0.25, -0.2) is 10.2 Å². The largest absolute Gasteiger partial charge is 0.493 e. The Hall–Kier alpha value is -3.60. The first-order valence-corrected chi connectivity index (χ1v) is 13.0. The standard InChI is InChI=1S/C26H23Cl2N3O6S/c1-35-20-10-14(6-9-19(20)37-13-15-7-8-16(27)11-18(15)28)12-29-31-24(33)23(32)30-25-22(26(34)36-2)17-4-3-5-21(17)38-25/h6-12H,3-5,13H2,1-2H3,(H,30,32)(H,31,33)/b29-12+. The summed E-state index contributed by atoms with van der Waals surface area (Å²) in [5, 5.41) is 7.67. The summed E-state index contributed by atoms with van der Waals surface area (Å²) in [7, 11) is 2.77. The second-order valence-corrected chi connectivity index (χ2v) is 10.1. The molecule has 0 atom stereocenters. The maximum Gasteiger partial charge on any atom is 0.341 e. The van der Waals surface area contributed by atoms with Gasteiger partial charge in [-0.15, -0.1) is 11.3 Å². The third-order valence-corrected chi connectivity index (χ3v) is 7.50. The van der Waals surface area contributed by atoms with Crippen LogP contribution in [0, 0.1) is 0 Å². The van der Waals surface area contributed by atoms with Gasteiger partial charge in [0.1, 0.15) is 11.6 Å². The summed E-state index contributed by atoms with van der Waals surface area (Å²) in [5.41, 5.74) is 4.70. The fraction of sp³-hybridized carbons (Fsp3) is 0.231. The van der Waals surface area contributed by atoms with Crippen LogP contribution in [0.25, 0.3) is 0 Å². The first-order valence-electron chi connectivity index (χ1n) is 11.4. The minimum Gasteiger partial charge on any atom is -0.493 e. The highest BCUT2D eigenvalue weighted by molar-refractivity contribution is 7.17. The number of ether oxygens (including phenoxy) is 3. The van der Waals surface area contributed by atoms with Gasteiger partial charge >= 0.3 is 17.8 Å². The zero-order chi connectivity index (χ0) is 27.2. The molecule has 0 saturated heterocycles. The van der Waals surface area contributed by atoms with Crippen molar-refractivity contribution in [2.24, 2.45) is 5.10 Å². The number of methoxy groups -OCH3 is 2. The molecular formula is C26H23Cl2N3O6S. The number of hydrogen-bond acceptors (Lipinski definition) is 8. The van der Waals surface area contributed by atoms with E-state index in [-0.39, 0.29) is 6.61 Å². The lowest BCUT2D eigenvalue weighted by Gasteiger charge is -2.12. The van der Waals surface area contributed by atoms with Crippen molar-refractivity contribution < 1.29 is 28.6 Å². The number of carbonyl (C=O) groups is 3. The Bertz CT molecular complexity index is 1420. The number of hydrazone groups is 1. The van der Waals surface area contributed by atoms with Crippen LogP contribution in [0.3, 0.4) is 0 Å². The molecule has 198 valence electrons. The first kappa shape index (κ1) is 27.4. The monoisotopic (exact) mass is 575 g/mol. The number of aryl methyl sites for hydroxylation is 1. The lowest BCUT2D eigenvalue weighted by Crippen LogP contribution is -2.32. The van der Waals surface area contributed by atoms with Gasteiger partial charge in [0.05, 0.1) is 26.0 Å². The third kappa shape index (κ3) is 6.27. The van der Waals surface area contributed by atoms with E-state index in [1.807, 2.05) is 0 Å². The summed E-state index contributed by atoms with van der Waals surface area (Å²) in [6.45, 7) is 0.204. The fourth-order valence-electron chi connectivity index (χ4n) is 3.86. The summed E-state index contributed by atoms with van der Waals surface area (Å²) < 4.78 is 16.1. The minimum absolute atomic E-state index is 0.204. The van der Waals surface area contributed by atoms with Gasteiger partial charge in [0.2, 0.25) is 0 Å². The molecule has 3 aromatic rings. The van der Waals surface area contributed by atoms with Crippen LogP contribution in [0.2, 0.25) is 10.0 Å². The number of nitrogens with one attached hydrogen (secondary N) is 2. The molecule has 1 heterocycles. The number of rotatable bonds is 8. The van der Waals surface area contributed by atoms with Crippen LogP contribution >= 0.6 is 34.5 Å². The third-order valence-electron chi connectivity index (χ3n) is 5.71. The Labute approximate surface area is 232 Å². The molecule has 12 heteroatoms. The van der Waals surface area contributed by atoms with Crippen LogP contribution in [0.15, 0.2) is 41.5 Å². The van der Waals surface area contributed by atoms with Crippen molar-refractivity contribution >= 4 is 63.5 Å². The molecule has 0 radical (unpaired) electrons. The number of nitrogens with zero attached hydrogens (tertiary/aromatic N) is 1. The molecule has 2 aromatic carbocycles. The zero-order valence-corrected chi connectivity index (χ0v) is 22.8. The predicted octanol–water partition coefficient (Wildman–Crippen LogP) is 5.01. The highest BCUT2D eigenvalue weighted by Crippen LogP contribution is 2.39. The number of fused-ring (bicyclic) bond motifs is 1. The van der Waals surface area contributed by atoms with Crippen LogP contribution < -0.4 is 20.2 Å². The zero-order valence-electron chi connectivity index (χ0n) is 20.4. The van der Waals surface area contributed by atoms with Crippen molar-refractivity contribution in [3.8, 4) is 11.5 Å². The van der Waals surface area contributed by atoms with E-state index in [1.54, 1.807) is 36.4 Å². The Morgan fingerprint density at radius 3 is 2.61 bits per heavy atom. The molecule has 0 fully saturated rings. The molecule has 0 saturated carbocycles. The highest BCUT2D eigenvalue weighted by Gasteiger charge is 2.29. The van der Waals surface area contributed by atoms with Crippen LogP contribution in [0.5, 0.6) is 11.5 Å². The van der Waals surface area contributed by atoms with E-state index in [9.17, 15) is 14.4 Å². The molecule has 38 heavy (non-hydrogen) atoms. The van der Waals surface area contributed by atoms with E-state index < -0.39 is 17.8 Å². The first-order chi connectivity index (χ1) is 18.3. The predicted molar refractivity (Wildman–Crippen MR) is 146 cm³/mol. The van der Waals surface area contributed by atoms with Crippen molar-refractivity contribution in [1.29, 1.82) is 0 Å². The van der Waals surface area contributed by atoms with Crippen molar-refractivity contribution in [3.63, 3.8) is 0 Å². The minimum atomic E-state index is -0.989. The lowest BCUT2D eigenvalue weighted by atomic mass is 10.1. The van der Waals surface area contributed by atoms with E-state index >= 15 is 0 Å². The van der Waals surface area contributed by atoms with Crippen molar-refractivity contribution in [2.45, 2.75) is 25.9 Å². The average molecular weight is 576 g/mol. The highest BCUT2D eigenvalue weighted by atomic mass is 35.5. The average Bonchev–Trinajstić information content (AvgIpc) is 3.49. The number of thiophene rings is 1. The number of carbonyl (C=O) groups excluding carboxylic acids is 3. The molecule has 0 unspecified atom stereocenters.